The summed E-state index contributed by atoms with van der Waals surface area (Å²) in [6.07, 6.45) is 3.20. The van der Waals surface area contributed by atoms with Gasteiger partial charge in [-0.2, -0.15) is 0 Å². The number of benzene rings is 1. The Morgan fingerprint density at radius 1 is 1.17 bits per heavy atom. The highest BCUT2D eigenvalue weighted by Crippen LogP contribution is 2.23. The molecule has 1 aromatic carbocycles. The topological polar surface area (TPSA) is 72.2 Å². The minimum atomic E-state index is -3.59. The van der Waals surface area contributed by atoms with Gasteiger partial charge in [-0.1, -0.05) is 12.1 Å². The molecule has 0 aliphatic heterocycles. The van der Waals surface area contributed by atoms with Gasteiger partial charge in [0, 0.05) is 10.9 Å². The summed E-state index contributed by atoms with van der Waals surface area (Å²) in [6, 6.07) is 8.15. The van der Waals surface area contributed by atoms with Crippen LogP contribution in [0.3, 0.4) is 0 Å². The molecule has 0 saturated heterocycles. The number of nitrogens with zero attached hydrogens (tertiary/aromatic N) is 1. The van der Waals surface area contributed by atoms with Crippen molar-refractivity contribution in [3.05, 3.63) is 58.9 Å². The highest BCUT2D eigenvalue weighted by Gasteiger charge is 2.19. The van der Waals surface area contributed by atoms with Crippen molar-refractivity contribution in [2.45, 2.75) is 24.8 Å². The zero-order chi connectivity index (χ0) is 16.4. The molecule has 3 rings (SSSR count). The summed E-state index contributed by atoms with van der Waals surface area (Å²) in [4.78, 5) is 4.54. The van der Waals surface area contributed by atoms with Gasteiger partial charge in [0.25, 0.3) is 0 Å². The first kappa shape index (κ1) is 15.9. The van der Waals surface area contributed by atoms with Crippen LogP contribution in [-0.2, 0) is 10.0 Å². The number of aromatic nitrogens is 1. The Balaban J connectivity index is 1.79. The van der Waals surface area contributed by atoms with Crippen LogP contribution >= 0.6 is 11.3 Å². The summed E-state index contributed by atoms with van der Waals surface area (Å²) in [7, 11) is -3.59. The molecule has 0 amide bonds. The Labute approximate surface area is 139 Å². The van der Waals surface area contributed by atoms with Crippen LogP contribution in [0.4, 0.5) is 0 Å². The van der Waals surface area contributed by atoms with Crippen LogP contribution < -0.4 is 4.72 Å². The van der Waals surface area contributed by atoms with Gasteiger partial charge in [-0.25, -0.2) is 18.1 Å². The van der Waals surface area contributed by atoms with E-state index in [2.05, 4.69) is 9.71 Å². The number of nitrogens with one attached hydrogen (secondary N) is 1. The van der Waals surface area contributed by atoms with E-state index in [1.807, 2.05) is 18.4 Å². The lowest BCUT2D eigenvalue weighted by Crippen LogP contribution is -2.27. The van der Waals surface area contributed by atoms with E-state index in [1.165, 1.54) is 11.3 Å². The molecule has 2 aromatic heterocycles. The van der Waals surface area contributed by atoms with E-state index in [9.17, 15) is 8.42 Å². The second-order valence-electron chi connectivity index (χ2n) is 5.17. The van der Waals surface area contributed by atoms with Crippen LogP contribution in [0.25, 0.3) is 11.1 Å². The monoisotopic (exact) mass is 348 g/mol. The Kier molecular flexibility index (Phi) is 4.34. The molecule has 1 unspecified atom stereocenters. The Bertz CT molecular complexity index is 882. The van der Waals surface area contributed by atoms with Gasteiger partial charge in [0.1, 0.15) is 0 Å². The van der Waals surface area contributed by atoms with Crippen molar-refractivity contribution in [1.29, 1.82) is 0 Å². The predicted molar refractivity (Wildman–Crippen MR) is 89.7 cm³/mol. The smallest absolute Gasteiger partial charge is 0.241 e. The summed E-state index contributed by atoms with van der Waals surface area (Å²) >= 11 is 1.50. The van der Waals surface area contributed by atoms with E-state index in [0.717, 1.165) is 21.8 Å². The highest BCUT2D eigenvalue weighted by atomic mass is 32.2. The van der Waals surface area contributed by atoms with Gasteiger partial charge in [0.2, 0.25) is 10.0 Å². The molecule has 0 spiro atoms. The number of aryl methyl sites for hydroxylation is 1. The molecule has 0 aliphatic rings. The number of sulfonamides is 1. The standard InChI is InChI=1S/C16H16N2O3S2/c1-11(16-10-22-12(2)17-16)18-23(19,20)15-5-3-13(4-6-15)14-7-8-21-9-14/h3-11,18H,1-2H3. The van der Waals surface area contributed by atoms with Crippen LogP contribution in [-0.4, -0.2) is 13.4 Å². The second kappa shape index (κ2) is 6.27. The van der Waals surface area contributed by atoms with Crippen molar-refractivity contribution < 1.29 is 12.8 Å². The molecule has 120 valence electrons. The second-order valence-corrected chi connectivity index (χ2v) is 7.95. The average molecular weight is 348 g/mol. The SMILES string of the molecule is Cc1nc(C(C)NS(=O)(=O)c2ccc(-c3ccoc3)cc2)cs1. The van der Waals surface area contributed by atoms with Gasteiger partial charge in [-0.3, -0.25) is 0 Å². The summed E-state index contributed by atoms with van der Waals surface area (Å²) in [5.74, 6) is 0. The lowest BCUT2D eigenvalue weighted by molar-refractivity contribution is 0.564. The number of thiazole rings is 1. The molecule has 0 aliphatic carbocycles. The zero-order valence-electron chi connectivity index (χ0n) is 12.7. The molecule has 1 N–H and O–H groups in total. The third kappa shape index (κ3) is 3.52. The molecular weight excluding hydrogens is 332 g/mol. The number of rotatable bonds is 5. The molecule has 2 heterocycles. The Morgan fingerprint density at radius 2 is 1.91 bits per heavy atom. The van der Waals surface area contributed by atoms with Crippen molar-refractivity contribution in [1.82, 2.24) is 9.71 Å². The summed E-state index contributed by atoms with van der Waals surface area (Å²) < 4.78 is 32.6. The van der Waals surface area contributed by atoms with Crippen LogP contribution in [0, 0.1) is 6.92 Å². The fourth-order valence-corrected chi connectivity index (χ4v) is 4.12. The maximum absolute atomic E-state index is 12.5. The molecule has 0 fully saturated rings. The number of hydrogen-bond donors (Lipinski definition) is 1. The maximum Gasteiger partial charge on any atom is 0.241 e. The third-order valence-electron chi connectivity index (χ3n) is 3.43. The first-order valence-electron chi connectivity index (χ1n) is 7.03. The van der Waals surface area contributed by atoms with Crippen molar-refractivity contribution in [3.63, 3.8) is 0 Å². The lowest BCUT2D eigenvalue weighted by atomic mass is 10.1. The predicted octanol–water partition coefficient (Wildman–Crippen LogP) is 3.75. The van der Waals surface area contributed by atoms with E-state index < -0.39 is 10.0 Å². The first-order valence-corrected chi connectivity index (χ1v) is 9.39. The van der Waals surface area contributed by atoms with E-state index in [4.69, 9.17) is 4.42 Å². The first-order chi connectivity index (χ1) is 11.0. The fourth-order valence-electron chi connectivity index (χ4n) is 2.20. The Morgan fingerprint density at radius 3 is 2.48 bits per heavy atom. The zero-order valence-corrected chi connectivity index (χ0v) is 14.3. The van der Waals surface area contributed by atoms with Gasteiger partial charge in [-0.05, 0) is 37.6 Å². The van der Waals surface area contributed by atoms with E-state index in [0.29, 0.717) is 0 Å². The molecule has 7 heteroatoms. The molecule has 1 atom stereocenters. The van der Waals surface area contributed by atoms with Crippen LogP contribution in [0.15, 0.2) is 57.6 Å². The van der Waals surface area contributed by atoms with Gasteiger partial charge >= 0.3 is 0 Å². The summed E-state index contributed by atoms with van der Waals surface area (Å²) in [5.41, 5.74) is 2.54. The number of furan rings is 1. The van der Waals surface area contributed by atoms with Gasteiger partial charge < -0.3 is 4.42 Å². The minimum absolute atomic E-state index is 0.226. The van der Waals surface area contributed by atoms with Crippen molar-refractivity contribution in [2.24, 2.45) is 0 Å². The van der Waals surface area contributed by atoms with Crippen LogP contribution in [0.5, 0.6) is 0 Å². The quantitative estimate of drug-likeness (QED) is 0.762. The fraction of sp³-hybridized carbons (Fsp3) is 0.188. The summed E-state index contributed by atoms with van der Waals surface area (Å²) in [6.45, 7) is 3.68. The molecule has 5 nitrogen and oxygen atoms in total. The molecule has 0 saturated carbocycles. The normalized spacial score (nSPS) is 13.1. The van der Waals surface area contributed by atoms with Gasteiger partial charge in [0.05, 0.1) is 34.2 Å². The molecule has 0 radical (unpaired) electrons. The number of hydrogen-bond acceptors (Lipinski definition) is 5. The minimum Gasteiger partial charge on any atom is -0.472 e. The van der Waals surface area contributed by atoms with E-state index in [1.54, 1.807) is 43.7 Å². The third-order valence-corrected chi connectivity index (χ3v) is 5.78. The van der Waals surface area contributed by atoms with Crippen LogP contribution in [0.2, 0.25) is 0 Å². The maximum atomic E-state index is 12.5. The molecule has 0 bridgehead atoms. The Hall–Kier alpha value is -1.96. The van der Waals surface area contributed by atoms with Gasteiger partial charge in [-0.15, -0.1) is 11.3 Å². The van der Waals surface area contributed by atoms with Crippen molar-refractivity contribution in [3.8, 4) is 11.1 Å². The van der Waals surface area contributed by atoms with Crippen molar-refractivity contribution >= 4 is 21.4 Å². The largest absolute Gasteiger partial charge is 0.472 e. The van der Waals surface area contributed by atoms with Crippen molar-refractivity contribution in [2.75, 3.05) is 0 Å². The van der Waals surface area contributed by atoms with E-state index in [-0.39, 0.29) is 10.9 Å². The molecule has 23 heavy (non-hydrogen) atoms. The molecule has 3 aromatic rings. The van der Waals surface area contributed by atoms with Crippen LogP contribution in [0.1, 0.15) is 23.7 Å². The lowest BCUT2D eigenvalue weighted by Gasteiger charge is -2.12. The highest BCUT2D eigenvalue weighted by molar-refractivity contribution is 7.89. The average Bonchev–Trinajstić information content (AvgIpc) is 3.18. The molecular formula is C16H16N2O3S2. The van der Waals surface area contributed by atoms with Gasteiger partial charge in [0.15, 0.2) is 0 Å². The van der Waals surface area contributed by atoms with E-state index >= 15 is 0 Å². The summed E-state index contributed by atoms with van der Waals surface area (Å²) in [5, 5.41) is 2.78.